The molecule has 2 aliphatic rings. The Morgan fingerprint density at radius 1 is 1.12 bits per heavy atom. The molecule has 2 aromatic rings. The Morgan fingerprint density at radius 3 is 2.29 bits per heavy atom. The van der Waals surface area contributed by atoms with Gasteiger partial charge >= 0.3 is 12.1 Å². The summed E-state index contributed by atoms with van der Waals surface area (Å²) in [6.45, 7) is 2.57. The van der Waals surface area contributed by atoms with Gasteiger partial charge in [-0.2, -0.15) is 0 Å². The van der Waals surface area contributed by atoms with Crippen molar-refractivity contribution in [1.29, 1.82) is 0 Å². The number of nitrogens with one attached hydrogen (secondary N) is 1. The molecule has 1 saturated heterocycles. The third-order valence-corrected chi connectivity index (χ3v) is 6.76. The number of fused-ring (bicyclic) bond motifs is 3. The number of carbonyl (C=O) groups is 3. The number of amides is 2. The van der Waals surface area contributed by atoms with E-state index in [2.05, 4.69) is 17.4 Å². The Kier molecular flexibility index (Phi) is 7.17. The first-order valence-corrected chi connectivity index (χ1v) is 11.6. The van der Waals surface area contributed by atoms with Gasteiger partial charge in [0.2, 0.25) is 5.91 Å². The number of carboxylic acid groups (broad SMARTS) is 1. The van der Waals surface area contributed by atoms with Crippen LogP contribution in [-0.4, -0.2) is 66.4 Å². The average molecular weight is 467 g/mol. The number of aliphatic carboxylic acids is 1. The zero-order chi connectivity index (χ0) is 24.2. The maximum Gasteiger partial charge on any atom is 0.407 e. The number of alkyl carbamates (subject to hydrolysis) is 1. The van der Waals surface area contributed by atoms with Crippen molar-refractivity contribution in [1.82, 2.24) is 10.2 Å². The zero-order valence-electron chi connectivity index (χ0n) is 19.4. The number of benzene rings is 2. The summed E-state index contributed by atoms with van der Waals surface area (Å²) in [5.74, 6) is -1.49. The van der Waals surface area contributed by atoms with Crippen LogP contribution in [0.3, 0.4) is 0 Å². The van der Waals surface area contributed by atoms with Gasteiger partial charge in [-0.1, -0.05) is 48.5 Å². The smallest absolute Gasteiger partial charge is 0.407 e. The van der Waals surface area contributed by atoms with E-state index >= 15 is 0 Å². The van der Waals surface area contributed by atoms with E-state index in [4.69, 9.17) is 14.6 Å². The summed E-state index contributed by atoms with van der Waals surface area (Å²) in [5, 5.41) is 11.7. The van der Waals surface area contributed by atoms with Crippen LogP contribution in [0, 0.1) is 0 Å². The van der Waals surface area contributed by atoms with E-state index in [-0.39, 0.29) is 43.4 Å². The van der Waals surface area contributed by atoms with E-state index in [0.29, 0.717) is 13.0 Å². The van der Waals surface area contributed by atoms with Crippen LogP contribution in [0.4, 0.5) is 4.79 Å². The highest BCUT2D eigenvalue weighted by Crippen LogP contribution is 2.44. The van der Waals surface area contributed by atoms with Crippen LogP contribution in [0.2, 0.25) is 0 Å². The molecular formula is C26H30N2O6. The molecule has 8 nitrogen and oxygen atoms in total. The summed E-state index contributed by atoms with van der Waals surface area (Å²) in [5.41, 5.74) is 4.42. The van der Waals surface area contributed by atoms with Gasteiger partial charge in [0.05, 0.1) is 12.1 Å². The lowest BCUT2D eigenvalue weighted by Gasteiger charge is -2.30. The standard InChI is InChI=1S/C26H30N2O6/c1-16-23(13-14-33-16)28(2)25(31)22(11-12-24(29)30)27-26(32)34-15-21-19-9-5-3-7-17(19)18-8-4-6-10-20(18)21/h3-10,16,21-23H,11-15H2,1-2H3,(H,27,32)(H,29,30). The van der Waals surface area contributed by atoms with Crippen molar-refractivity contribution in [3.05, 3.63) is 59.7 Å². The molecule has 180 valence electrons. The van der Waals surface area contributed by atoms with Crippen molar-refractivity contribution in [2.75, 3.05) is 20.3 Å². The Hall–Kier alpha value is -3.39. The molecule has 3 unspecified atom stereocenters. The Bertz CT molecular complexity index is 1030. The first-order chi connectivity index (χ1) is 16.4. The molecule has 8 heteroatoms. The molecule has 2 aromatic carbocycles. The predicted molar refractivity (Wildman–Crippen MR) is 125 cm³/mol. The molecule has 1 aliphatic carbocycles. The third-order valence-electron chi connectivity index (χ3n) is 6.76. The molecule has 1 heterocycles. The minimum absolute atomic E-state index is 0.0232. The Morgan fingerprint density at radius 2 is 1.74 bits per heavy atom. The maximum absolute atomic E-state index is 13.1. The summed E-state index contributed by atoms with van der Waals surface area (Å²) in [6, 6.07) is 14.9. The van der Waals surface area contributed by atoms with Gasteiger partial charge in [-0.15, -0.1) is 0 Å². The number of rotatable bonds is 8. The molecule has 0 radical (unpaired) electrons. The van der Waals surface area contributed by atoms with Crippen molar-refractivity contribution in [2.24, 2.45) is 0 Å². The van der Waals surface area contributed by atoms with Gasteiger partial charge in [0.25, 0.3) is 0 Å². The van der Waals surface area contributed by atoms with Gasteiger partial charge in [0.15, 0.2) is 0 Å². The molecule has 2 amide bonds. The number of carbonyl (C=O) groups excluding carboxylic acids is 2. The van der Waals surface area contributed by atoms with Gasteiger partial charge in [0.1, 0.15) is 12.6 Å². The average Bonchev–Trinajstić information content (AvgIpc) is 3.40. The van der Waals surface area contributed by atoms with E-state index in [9.17, 15) is 14.4 Å². The minimum atomic E-state index is -1.03. The van der Waals surface area contributed by atoms with Crippen molar-refractivity contribution < 1.29 is 29.0 Å². The summed E-state index contributed by atoms with van der Waals surface area (Å²) < 4.78 is 11.1. The maximum atomic E-state index is 13.1. The molecule has 4 rings (SSSR count). The lowest BCUT2D eigenvalue weighted by molar-refractivity contribution is -0.138. The van der Waals surface area contributed by atoms with E-state index in [0.717, 1.165) is 22.3 Å². The van der Waals surface area contributed by atoms with Crippen LogP contribution in [0.25, 0.3) is 11.1 Å². The number of ether oxygens (including phenoxy) is 2. The van der Waals surface area contributed by atoms with Crippen LogP contribution in [0.15, 0.2) is 48.5 Å². The fourth-order valence-corrected chi connectivity index (χ4v) is 4.95. The van der Waals surface area contributed by atoms with Crippen LogP contribution < -0.4 is 5.32 Å². The van der Waals surface area contributed by atoms with Crippen molar-refractivity contribution in [3.63, 3.8) is 0 Å². The highest BCUT2D eigenvalue weighted by Gasteiger charge is 2.35. The highest BCUT2D eigenvalue weighted by molar-refractivity contribution is 5.86. The molecule has 1 fully saturated rings. The lowest BCUT2D eigenvalue weighted by Crippen LogP contribution is -2.52. The molecule has 34 heavy (non-hydrogen) atoms. The third kappa shape index (κ3) is 4.92. The largest absolute Gasteiger partial charge is 0.481 e. The van der Waals surface area contributed by atoms with Crippen LogP contribution in [0.1, 0.15) is 43.2 Å². The molecule has 0 saturated carbocycles. The van der Waals surface area contributed by atoms with E-state index in [1.54, 1.807) is 11.9 Å². The quantitative estimate of drug-likeness (QED) is 0.618. The van der Waals surface area contributed by atoms with Gasteiger partial charge in [-0.05, 0) is 42.0 Å². The second-order valence-corrected chi connectivity index (χ2v) is 8.84. The van der Waals surface area contributed by atoms with Gasteiger partial charge in [-0.3, -0.25) is 9.59 Å². The van der Waals surface area contributed by atoms with Gasteiger partial charge < -0.3 is 24.8 Å². The minimum Gasteiger partial charge on any atom is -0.481 e. The Balaban J connectivity index is 1.43. The number of likely N-dealkylation sites (N-methyl/N-ethyl adjacent to an activating group) is 1. The van der Waals surface area contributed by atoms with E-state index < -0.39 is 18.1 Å². The fraction of sp³-hybridized carbons (Fsp3) is 0.423. The fourth-order valence-electron chi connectivity index (χ4n) is 4.95. The van der Waals surface area contributed by atoms with Gasteiger partial charge in [0, 0.05) is 26.0 Å². The van der Waals surface area contributed by atoms with E-state index in [1.807, 2.05) is 43.3 Å². The number of nitrogens with zero attached hydrogens (tertiary/aromatic N) is 1. The number of hydrogen-bond donors (Lipinski definition) is 2. The number of carboxylic acids is 1. The van der Waals surface area contributed by atoms with Crippen LogP contribution >= 0.6 is 0 Å². The molecule has 2 N–H and O–H groups in total. The zero-order valence-corrected chi connectivity index (χ0v) is 19.4. The molecule has 0 bridgehead atoms. The summed E-state index contributed by atoms with van der Waals surface area (Å²) >= 11 is 0. The van der Waals surface area contributed by atoms with Crippen molar-refractivity contribution in [3.8, 4) is 11.1 Å². The van der Waals surface area contributed by atoms with E-state index in [1.165, 1.54) is 0 Å². The summed E-state index contributed by atoms with van der Waals surface area (Å²) in [4.78, 5) is 38.5. The SMILES string of the molecule is CC1OCCC1N(C)C(=O)C(CCC(=O)O)NC(=O)OCC1c2ccccc2-c2ccccc21. The van der Waals surface area contributed by atoms with Crippen LogP contribution in [-0.2, 0) is 19.1 Å². The monoisotopic (exact) mass is 466 g/mol. The summed E-state index contributed by atoms with van der Waals surface area (Å²) in [6.07, 6.45) is -0.437. The van der Waals surface area contributed by atoms with Gasteiger partial charge in [-0.25, -0.2) is 4.79 Å². The molecule has 1 aliphatic heterocycles. The first kappa shape index (κ1) is 23.8. The predicted octanol–water partition coefficient (Wildman–Crippen LogP) is 3.39. The second kappa shape index (κ2) is 10.3. The molecule has 3 atom stereocenters. The molecular weight excluding hydrogens is 436 g/mol. The Labute approximate surface area is 198 Å². The highest BCUT2D eigenvalue weighted by atomic mass is 16.5. The topological polar surface area (TPSA) is 105 Å². The second-order valence-electron chi connectivity index (χ2n) is 8.84. The number of hydrogen-bond acceptors (Lipinski definition) is 5. The lowest BCUT2D eigenvalue weighted by atomic mass is 9.98. The first-order valence-electron chi connectivity index (χ1n) is 11.6. The van der Waals surface area contributed by atoms with Crippen molar-refractivity contribution in [2.45, 2.75) is 50.3 Å². The normalized spacial score (nSPS) is 19.7. The summed E-state index contributed by atoms with van der Waals surface area (Å²) in [7, 11) is 1.66. The molecule has 0 spiro atoms. The molecule has 0 aromatic heterocycles. The van der Waals surface area contributed by atoms with Crippen molar-refractivity contribution >= 4 is 18.0 Å². The van der Waals surface area contributed by atoms with Crippen LogP contribution in [0.5, 0.6) is 0 Å².